The Morgan fingerprint density at radius 1 is 1.29 bits per heavy atom. The van der Waals surface area contributed by atoms with E-state index in [4.69, 9.17) is 4.74 Å². The summed E-state index contributed by atoms with van der Waals surface area (Å²) in [5.41, 5.74) is 2.57. The second-order valence-corrected chi connectivity index (χ2v) is 3.47. The first kappa shape index (κ1) is 11.3. The zero-order chi connectivity index (χ0) is 9.10. The Morgan fingerprint density at radius 3 is 2.57 bits per heavy atom. The fourth-order valence-electron chi connectivity index (χ4n) is 1.56. The number of hydrogen-bond acceptors (Lipinski definition) is 2. The minimum atomic E-state index is 0. The first-order valence-electron chi connectivity index (χ1n) is 4.75. The van der Waals surface area contributed by atoms with Crippen LogP contribution in [0.25, 0.3) is 0 Å². The van der Waals surface area contributed by atoms with E-state index in [0.29, 0.717) is 0 Å². The average molecular weight is 191 g/mol. The Bertz CT molecular complexity index is 267. The van der Waals surface area contributed by atoms with Gasteiger partial charge in [-0.1, -0.05) is 29.8 Å². The van der Waals surface area contributed by atoms with Crippen LogP contribution in [0, 0.1) is 6.92 Å². The topological polar surface area (TPSA) is 21.3 Å². The SMILES string of the molecule is B.Cc1ccc(C2CNCCO2)cc1. The molecule has 1 fully saturated rings. The summed E-state index contributed by atoms with van der Waals surface area (Å²) in [5, 5.41) is 3.32. The predicted molar refractivity (Wildman–Crippen MR) is 62.7 cm³/mol. The molecule has 0 aliphatic carbocycles. The Morgan fingerprint density at radius 2 is 2.00 bits per heavy atom. The molecule has 0 bridgehead atoms. The normalized spacial score (nSPS) is 21.4. The van der Waals surface area contributed by atoms with Gasteiger partial charge in [-0.05, 0) is 12.5 Å². The molecule has 0 radical (unpaired) electrons. The number of morpholine rings is 1. The summed E-state index contributed by atoms with van der Waals surface area (Å²) in [7, 11) is 0. The van der Waals surface area contributed by atoms with Crippen LogP contribution in [0.3, 0.4) is 0 Å². The molecular weight excluding hydrogens is 173 g/mol. The van der Waals surface area contributed by atoms with Crippen molar-refractivity contribution in [1.82, 2.24) is 5.32 Å². The molecule has 1 aromatic carbocycles. The van der Waals surface area contributed by atoms with Crippen molar-refractivity contribution in [3.05, 3.63) is 35.4 Å². The minimum Gasteiger partial charge on any atom is -0.371 e. The van der Waals surface area contributed by atoms with Gasteiger partial charge in [0.15, 0.2) is 0 Å². The van der Waals surface area contributed by atoms with Crippen molar-refractivity contribution in [2.45, 2.75) is 13.0 Å². The van der Waals surface area contributed by atoms with Gasteiger partial charge in [0.2, 0.25) is 0 Å². The van der Waals surface area contributed by atoms with Crippen LogP contribution in [0.2, 0.25) is 0 Å². The molecule has 1 aromatic rings. The summed E-state index contributed by atoms with van der Waals surface area (Å²) in [6.45, 7) is 4.83. The molecule has 0 saturated carbocycles. The first-order valence-corrected chi connectivity index (χ1v) is 4.75. The highest BCUT2D eigenvalue weighted by molar-refractivity contribution is 5.75. The molecule has 1 N–H and O–H groups in total. The molecule has 1 aliphatic rings. The van der Waals surface area contributed by atoms with E-state index in [2.05, 4.69) is 36.5 Å². The monoisotopic (exact) mass is 191 g/mol. The van der Waals surface area contributed by atoms with E-state index in [9.17, 15) is 0 Å². The zero-order valence-corrected chi connectivity index (χ0v) is 7.92. The molecule has 3 heteroatoms. The van der Waals surface area contributed by atoms with Gasteiger partial charge in [0.05, 0.1) is 21.1 Å². The maximum absolute atomic E-state index is 5.64. The van der Waals surface area contributed by atoms with Gasteiger partial charge in [-0.25, -0.2) is 0 Å². The Hall–Kier alpha value is -0.795. The number of benzene rings is 1. The predicted octanol–water partition coefficient (Wildman–Crippen LogP) is 0.472. The van der Waals surface area contributed by atoms with Crippen molar-refractivity contribution in [2.75, 3.05) is 19.7 Å². The number of aryl methyl sites for hydroxylation is 1. The fourth-order valence-corrected chi connectivity index (χ4v) is 1.56. The standard InChI is InChI=1S/C11H15NO.BH3/c1-9-2-4-10(5-3-9)11-8-12-6-7-13-11;/h2-5,11-12H,6-8H2,1H3;1H3. The maximum Gasteiger partial charge on any atom is 0.0949 e. The van der Waals surface area contributed by atoms with Gasteiger partial charge in [0, 0.05) is 13.1 Å². The van der Waals surface area contributed by atoms with Crippen LogP contribution < -0.4 is 5.32 Å². The molecule has 0 aromatic heterocycles. The highest BCUT2D eigenvalue weighted by Gasteiger charge is 2.14. The second kappa shape index (κ2) is 5.18. The van der Waals surface area contributed by atoms with Crippen molar-refractivity contribution in [3.8, 4) is 0 Å². The summed E-state index contributed by atoms with van der Waals surface area (Å²) in [6, 6.07) is 8.56. The number of ether oxygens (including phenoxy) is 1. The molecular formula is C11H18BNO. The van der Waals surface area contributed by atoms with E-state index in [-0.39, 0.29) is 14.5 Å². The van der Waals surface area contributed by atoms with Gasteiger partial charge in [0.25, 0.3) is 0 Å². The Balaban J connectivity index is 0.000000980. The van der Waals surface area contributed by atoms with E-state index in [1.165, 1.54) is 11.1 Å². The van der Waals surface area contributed by atoms with Gasteiger partial charge >= 0.3 is 0 Å². The summed E-state index contributed by atoms with van der Waals surface area (Å²) in [4.78, 5) is 0. The van der Waals surface area contributed by atoms with E-state index < -0.39 is 0 Å². The van der Waals surface area contributed by atoms with Crippen molar-refractivity contribution in [1.29, 1.82) is 0 Å². The Kier molecular flexibility index (Phi) is 4.17. The molecule has 0 amide bonds. The molecule has 1 unspecified atom stereocenters. The average Bonchev–Trinajstić information content (AvgIpc) is 2.20. The highest BCUT2D eigenvalue weighted by atomic mass is 16.5. The lowest BCUT2D eigenvalue weighted by atomic mass is 10.1. The summed E-state index contributed by atoms with van der Waals surface area (Å²) < 4.78 is 5.64. The summed E-state index contributed by atoms with van der Waals surface area (Å²) in [6.07, 6.45) is 0.245. The van der Waals surface area contributed by atoms with Crippen LogP contribution in [-0.4, -0.2) is 28.1 Å². The second-order valence-electron chi connectivity index (χ2n) is 3.47. The van der Waals surface area contributed by atoms with Gasteiger partial charge in [0.1, 0.15) is 0 Å². The van der Waals surface area contributed by atoms with Crippen LogP contribution >= 0.6 is 0 Å². The van der Waals surface area contributed by atoms with Crippen molar-refractivity contribution in [3.63, 3.8) is 0 Å². The molecule has 1 aliphatic heterocycles. The quantitative estimate of drug-likeness (QED) is 0.651. The van der Waals surface area contributed by atoms with Gasteiger partial charge < -0.3 is 10.1 Å². The third-order valence-corrected chi connectivity index (χ3v) is 2.38. The van der Waals surface area contributed by atoms with Gasteiger partial charge in [-0.3, -0.25) is 0 Å². The Labute approximate surface area is 87.2 Å². The van der Waals surface area contributed by atoms with Crippen molar-refractivity contribution < 1.29 is 4.74 Å². The molecule has 1 saturated heterocycles. The molecule has 2 nitrogen and oxygen atoms in total. The van der Waals surface area contributed by atoms with Crippen molar-refractivity contribution >= 4 is 8.41 Å². The van der Waals surface area contributed by atoms with E-state index >= 15 is 0 Å². The van der Waals surface area contributed by atoms with Gasteiger partial charge in [-0.2, -0.15) is 0 Å². The zero-order valence-electron chi connectivity index (χ0n) is 7.92. The highest BCUT2D eigenvalue weighted by Crippen LogP contribution is 2.18. The van der Waals surface area contributed by atoms with Crippen LogP contribution in [0.1, 0.15) is 17.2 Å². The smallest absolute Gasteiger partial charge is 0.0949 e. The maximum atomic E-state index is 5.64. The third kappa shape index (κ3) is 2.60. The third-order valence-electron chi connectivity index (χ3n) is 2.38. The van der Waals surface area contributed by atoms with Crippen LogP contribution in [-0.2, 0) is 4.74 Å². The molecule has 2 rings (SSSR count). The van der Waals surface area contributed by atoms with Crippen LogP contribution in [0.4, 0.5) is 0 Å². The summed E-state index contributed by atoms with van der Waals surface area (Å²) >= 11 is 0. The number of hydrogen-bond donors (Lipinski definition) is 1. The summed E-state index contributed by atoms with van der Waals surface area (Å²) in [5.74, 6) is 0. The van der Waals surface area contributed by atoms with Crippen LogP contribution in [0.15, 0.2) is 24.3 Å². The van der Waals surface area contributed by atoms with Crippen molar-refractivity contribution in [2.24, 2.45) is 0 Å². The molecule has 1 heterocycles. The minimum absolute atomic E-state index is 0. The first-order chi connectivity index (χ1) is 6.36. The molecule has 14 heavy (non-hydrogen) atoms. The van der Waals surface area contributed by atoms with E-state index in [1.54, 1.807) is 0 Å². The number of nitrogens with one attached hydrogen (secondary N) is 1. The van der Waals surface area contributed by atoms with Gasteiger partial charge in [-0.15, -0.1) is 0 Å². The van der Waals surface area contributed by atoms with E-state index in [0.717, 1.165) is 19.7 Å². The fraction of sp³-hybridized carbons (Fsp3) is 0.455. The lowest BCUT2D eigenvalue weighted by Gasteiger charge is -2.23. The van der Waals surface area contributed by atoms with E-state index in [1.807, 2.05) is 0 Å². The molecule has 76 valence electrons. The lowest BCUT2D eigenvalue weighted by molar-refractivity contribution is 0.0277. The number of rotatable bonds is 1. The molecule has 0 spiro atoms. The largest absolute Gasteiger partial charge is 0.371 e. The lowest BCUT2D eigenvalue weighted by Crippen LogP contribution is -2.33. The molecule has 1 atom stereocenters. The van der Waals surface area contributed by atoms with Crippen LogP contribution in [0.5, 0.6) is 0 Å².